The van der Waals surface area contributed by atoms with Crippen LogP contribution in [0.4, 0.5) is 14.5 Å². The summed E-state index contributed by atoms with van der Waals surface area (Å²) in [5, 5.41) is 2.55. The second kappa shape index (κ2) is 8.08. The normalized spacial score (nSPS) is 10.8. The van der Waals surface area contributed by atoms with Crippen molar-refractivity contribution in [1.82, 2.24) is 4.90 Å². The van der Waals surface area contributed by atoms with Gasteiger partial charge in [0.1, 0.15) is 0 Å². The number of thioether (sulfide) groups is 1. The Kier molecular flexibility index (Phi) is 6.12. The lowest BCUT2D eigenvalue weighted by molar-refractivity contribution is -0.117. The molecule has 122 valence electrons. The van der Waals surface area contributed by atoms with Crippen LogP contribution in [0.2, 0.25) is 0 Å². The number of likely N-dealkylation sites (N-methyl/N-ethyl adjacent to an activating group) is 1. The first-order valence-corrected chi connectivity index (χ1v) is 8.27. The number of benzene rings is 2. The molecule has 0 aliphatic heterocycles. The van der Waals surface area contributed by atoms with Crippen molar-refractivity contribution in [3.63, 3.8) is 0 Å². The fourth-order valence-electron chi connectivity index (χ4n) is 2.12. The molecule has 0 saturated heterocycles. The number of hydrogen-bond donors (Lipinski definition) is 1. The van der Waals surface area contributed by atoms with E-state index in [0.29, 0.717) is 6.54 Å². The zero-order chi connectivity index (χ0) is 16.8. The average molecular weight is 336 g/mol. The molecule has 1 amide bonds. The van der Waals surface area contributed by atoms with Crippen LogP contribution in [0.1, 0.15) is 5.56 Å². The molecular formula is C17H18F2N2OS. The standard InChI is InChI=1S/C17H18F2N2OS/c1-21(10-12-3-6-14(23-2)7-4-12)11-17(22)20-13-5-8-15(18)16(19)9-13/h3-9H,10-11H2,1-2H3,(H,20,22). The number of anilines is 1. The van der Waals surface area contributed by atoms with Crippen LogP contribution in [-0.2, 0) is 11.3 Å². The molecule has 0 atom stereocenters. The number of halogens is 2. The summed E-state index contributed by atoms with van der Waals surface area (Å²) in [6.45, 7) is 0.781. The number of amides is 1. The van der Waals surface area contributed by atoms with E-state index >= 15 is 0 Å². The van der Waals surface area contributed by atoms with E-state index in [1.165, 1.54) is 11.0 Å². The van der Waals surface area contributed by atoms with E-state index in [1.54, 1.807) is 11.8 Å². The average Bonchev–Trinajstić information content (AvgIpc) is 2.51. The summed E-state index contributed by atoms with van der Waals surface area (Å²) in [7, 11) is 1.83. The summed E-state index contributed by atoms with van der Waals surface area (Å²) in [5.41, 5.74) is 1.34. The van der Waals surface area contributed by atoms with E-state index < -0.39 is 11.6 Å². The highest BCUT2D eigenvalue weighted by atomic mass is 32.2. The molecule has 0 unspecified atom stereocenters. The summed E-state index contributed by atoms with van der Waals surface area (Å²) in [5.74, 6) is -2.20. The lowest BCUT2D eigenvalue weighted by Crippen LogP contribution is -2.29. The van der Waals surface area contributed by atoms with Crippen LogP contribution in [-0.4, -0.2) is 30.7 Å². The largest absolute Gasteiger partial charge is 0.325 e. The molecule has 2 aromatic carbocycles. The fourth-order valence-corrected chi connectivity index (χ4v) is 2.53. The van der Waals surface area contributed by atoms with Crippen molar-refractivity contribution in [2.75, 3.05) is 25.2 Å². The van der Waals surface area contributed by atoms with Crippen molar-refractivity contribution in [3.8, 4) is 0 Å². The number of carbonyl (C=O) groups is 1. The Labute approximate surface area is 138 Å². The van der Waals surface area contributed by atoms with E-state index in [0.717, 1.165) is 17.7 Å². The summed E-state index contributed by atoms with van der Waals surface area (Å²) >= 11 is 1.68. The Morgan fingerprint density at radius 1 is 1.13 bits per heavy atom. The summed E-state index contributed by atoms with van der Waals surface area (Å²) < 4.78 is 25.9. The molecule has 0 saturated carbocycles. The number of hydrogen-bond acceptors (Lipinski definition) is 3. The lowest BCUT2D eigenvalue weighted by Gasteiger charge is -2.16. The van der Waals surface area contributed by atoms with Gasteiger partial charge >= 0.3 is 0 Å². The minimum atomic E-state index is -0.981. The van der Waals surface area contributed by atoms with Crippen molar-refractivity contribution in [3.05, 3.63) is 59.7 Å². The van der Waals surface area contributed by atoms with Gasteiger partial charge in [0.15, 0.2) is 11.6 Å². The fraction of sp³-hybridized carbons (Fsp3) is 0.235. The Hall–Kier alpha value is -1.92. The van der Waals surface area contributed by atoms with Crippen LogP contribution in [0.15, 0.2) is 47.4 Å². The smallest absolute Gasteiger partial charge is 0.238 e. The van der Waals surface area contributed by atoms with E-state index in [9.17, 15) is 13.6 Å². The van der Waals surface area contributed by atoms with Crippen LogP contribution in [0.3, 0.4) is 0 Å². The molecule has 3 nitrogen and oxygen atoms in total. The minimum Gasteiger partial charge on any atom is -0.325 e. The molecule has 0 aliphatic carbocycles. The predicted molar refractivity (Wildman–Crippen MR) is 89.5 cm³/mol. The quantitative estimate of drug-likeness (QED) is 0.815. The van der Waals surface area contributed by atoms with E-state index in [1.807, 2.05) is 42.5 Å². The van der Waals surface area contributed by atoms with Crippen LogP contribution in [0, 0.1) is 11.6 Å². The molecule has 0 spiro atoms. The van der Waals surface area contributed by atoms with Gasteiger partial charge in [-0.3, -0.25) is 9.69 Å². The van der Waals surface area contributed by atoms with Gasteiger partial charge in [-0.15, -0.1) is 11.8 Å². The molecule has 0 aliphatic rings. The Morgan fingerprint density at radius 2 is 1.83 bits per heavy atom. The third-order valence-electron chi connectivity index (χ3n) is 3.23. The molecular weight excluding hydrogens is 318 g/mol. The van der Waals surface area contributed by atoms with Gasteiger partial charge in [-0.25, -0.2) is 8.78 Å². The van der Waals surface area contributed by atoms with Crippen LogP contribution in [0.5, 0.6) is 0 Å². The van der Waals surface area contributed by atoms with Crippen molar-refractivity contribution in [1.29, 1.82) is 0 Å². The van der Waals surface area contributed by atoms with E-state index in [2.05, 4.69) is 5.32 Å². The van der Waals surface area contributed by atoms with E-state index in [4.69, 9.17) is 0 Å². The molecule has 0 heterocycles. The van der Waals surface area contributed by atoms with Gasteiger partial charge in [0, 0.05) is 23.2 Å². The number of nitrogens with zero attached hydrogens (tertiary/aromatic N) is 1. The highest BCUT2D eigenvalue weighted by molar-refractivity contribution is 7.98. The minimum absolute atomic E-state index is 0.156. The summed E-state index contributed by atoms with van der Waals surface area (Å²) in [6, 6.07) is 11.4. The second-order valence-corrected chi connectivity index (χ2v) is 6.08. The highest BCUT2D eigenvalue weighted by Crippen LogP contribution is 2.16. The van der Waals surface area contributed by atoms with Gasteiger partial charge in [-0.05, 0) is 43.1 Å². The van der Waals surface area contributed by atoms with Gasteiger partial charge in [0.05, 0.1) is 6.54 Å². The lowest BCUT2D eigenvalue weighted by atomic mass is 10.2. The van der Waals surface area contributed by atoms with Gasteiger partial charge in [0.2, 0.25) is 5.91 Å². The van der Waals surface area contributed by atoms with Gasteiger partial charge in [0.25, 0.3) is 0 Å². The molecule has 0 bridgehead atoms. The maximum absolute atomic E-state index is 13.1. The summed E-state index contributed by atoms with van der Waals surface area (Å²) in [4.78, 5) is 15.0. The number of carbonyl (C=O) groups excluding carboxylic acids is 1. The molecule has 2 aromatic rings. The molecule has 0 radical (unpaired) electrons. The Bertz CT molecular complexity index is 677. The number of rotatable bonds is 6. The summed E-state index contributed by atoms with van der Waals surface area (Å²) in [6.07, 6.45) is 2.02. The van der Waals surface area contributed by atoms with Gasteiger partial charge in [-0.2, -0.15) is 0 Å². The van der Waals surface area contributed by atoms with Crippen LogP contribution < -0.4 is 5.32 Å². The SMILES string of the molecule is CSc1ccc(CN(C)CC(=O)Nc2ccc(F)c(F)c2)cc1. The third-order valence-corrected chi connectivity index (χ3v) is 3.97. The van der Waals surface area contributed by atoms with Crippen molar-refractivity contribution in [2.24, 2.45) is 0 Å². The maximum atomic E-state index is 13.1. The second-order valence-electron chi connectivity index (χ2n) is 5.20. The first-order chi connectivity index (χ1) is 11.0. The molecule has 0 aromatic heterocycles. The first-order valence-electron chi connectivity index (χ1n) is 7.04. The van der Waals surface area contributed by atoms with Crippen molar-refractivity contribution in [2.45, 2.75) is 11.4 Å². The number of nitrogens with one attached hydrogen (secondary N) is 1. The molecule has 0 fully saturated rings. The molecule has 6 heteroatoms. The first kappa shape index (κ1) is 17.4. The molecule has 2 rings (SSSR count). The predicted octanol–water partition coefficient (Wildman–Crippen LogP) is 3.76. The molecule has 1 N–H and O–H groups in total. The third kappa shape index (κ3) is 5.33. The van der Waals surface area contributed by atoms with Crippen LogP contribution in [0.25, 0.3) is 0 Å². The van der Waals surface area contributed by atoms with Crippen molar-refractivity contribution < 1.29 is 13.6 Å². The van der Waals surface area contributed by atoms with Gasteiger partial charge in [-0.1, -0.05) is 12.1 Å². The van der Waals surface area contributed by atoms with Crippen LogP contribution >= 0.6 is 11.8 Å². The monoisotopic (exact) mass is 336 g/mol. The molecule has 23 heavy (non-hydrogen) atoms. The zero-order valence-corrected chi connectivity index (χ0v) is 13.8. The van der Waals surface area contributed by atoms with E-state index in [-0.39, 0.29) is 18.1 Å². The van der Waals surface area contributed by atoms with Gasteiger partial charge < -0.3 is 5.32 Å². The maximum Gasteiger partial charge on any atom is 0.238 e. The highest BCUT2D eigenvalue weighted by Gasteiger charge is 2.09. The van der Waals surface area contributed by atoms with Crippen molar-refractivity contribution >= 4 is 23.4 Å². The Balaban J connectivity index is 1.87. The topological polar surface area (TPSA) is 32.3 Å². The zero-order valence-electron chi connectivity index (χ0n) is 13.0. The Morgan fingerprint density at radius 3 is 2.43 bits per heavy atom.